The van der Waals surface area contributed by atoms with E-state index in [0.29, 0.717) is 72.6 Å². The van der Waals surface area contributed by atoms with E-state index in [1.807, 2.05) is 19.1 Å². The minimum Gasteiger partial charge on any atom is -0.475 e. The van der Waals surface area contributed by atoms with Gasteiger partial charge in [-0.3, -0.25) is 9.59 Å². The Kier molecular flexibility index (Phi) is 8.97. The summed E-state index contributed by atoms with van der Waals surface area (Å²) in [5.74, 6) is 0.487. The molecule has 0 radical (unpaired) electrons. The predicted octanol–water partition coefficient (Wildman–Crippen LogP) is 3.77. The van der Waals surface area contributed by atoms with Crippen LogP contribution in [0.25, 0.3) is 22.6 Å². The minimum atomic E-state index is -0.335. The second kappa shape index (κ2) is 12.1. The van der Waals surface area contributed by atoms with Crippen LogP contribution in [0, 0.1) is 0 Å². The lowest BCUT2D eigenvalue weighted by atomic mass is 10.0. The first-order chi connectivity index (χ1) is 16.0. The largest absolute Gasteiger partial charge is 0.475 e. The third kappa shape index (κ3) is 7.40. The highest BCUT2D eigenvalue weighted by atomic mass is 35.5. The molecule has 0 atom stereocenters. The van der Waals surface area contributed by atoms with Crippen molar-refractivity contribution in [2.75, 3.05) is 19.8 Å². The fourth-order valence-electron chi connectivity index (χ4n) is 3.18. The molecule has 174 valence electrons. The molecule has 9 heteroatoms. The van der Waals surface area contributed by atoms with Gasteiger partial charge in [0.15, 0.2) is 0 Å². The molecular weight excluding hydrogens is 444 g/mol. The maximum absolute atomic E-state index is 12.3. The molecule has 33 heavy (non-hydrogen) atoms. The van der Waals surface area contributed by atoms with E-state index in [2.05, 4.69) is 15.0 Å². The van der Waals surface area contributed by atoms with Gasteiger partial charge < -0.3 is 20.2 Å². The number of hydrogen-bond donors (Lipinski definition) is 2. The number of aromatic amines is 1. The molecule has 0 unspecified atom stereocenters. The highest BCUT2D eigenvalue weighted by Crippen LogP contribution is 2.28. The normalized spacial score (nSPS) is 10.8. The van der Waals surface area contributed by atoms with Crippen LogP contribution in [0.4, 0.5) is 0 Å². The number of aromatic nitrogens is 3. The number of ether oxygens (including phenoxy) is 2. The van der Waals surface area contributed by atoms with Crippen LogP contribution in [-0.4, -0.2) is 40.7 Å². The van der Waals surface area contributed by atoms with Gasteiger partial charge in [-0.1, -0.05) is 24.6 Å². The van der Waals surface area contributed by atoms with E-state index in [4.69, 9.17) is 26.8 Å². The Morgan fingerprint density at radius 3 is 2.73 bits per heavy atom. The van der Waals surface area contributed by atoms with Crippen LogP contribution in [0.1, 0.15) is 31.7 Å². The van der Waals surface area contributed by atoms with Crippen molar-refractivity contribution in [1.82, 2.24) is 15.0 Å². The quantitative estimate of drug-likeness (QED) is 0.389. The van der Waals surface area contributed by atoms with E-state index in [1.54, 1.807) is 24.4 Å². The first-order valence-corrected chi connectivity index (χ1v) is 11.2. The van der Waals surface area contributed by atoms with E-state index in [9.17, 15) is 9.59 Å². The smallest absolute Gasteiger partial charge is 0.251 e. The monoisotopic (exact) mass is 470 g/mol. The molecule has 0 aliphatic rings. The van der Waals surface area contributed by atoms with Crippen LogP contribution in [-0.2, 0) is 16.0 Å². The summed E-state index contributed by atoms with van der Waals surface area (Å²) in [5.41, 5.74) is 7.62. The molecule has 0 saturated carbocycles. The van der Waals surface area contributed by atoms with Crippen molar-refractivity contribution in [2.45, 2.75) is 32.6 Å². The number of aryl methyl sites for hydroxylation is 1. The van der Waals surface area contributed by atoms with Gasteiger partial charge in [0.2, 0.25) is 11.8 Å². The van der Waals surface area contributed by atoms with E-state index < -0.39 is 0 Å². The molecular formula is C24H27ClN4O4. The maximum Gasteiger partial charge on any atom is 0.251 e. The van der Waals surface area contributed by atoms with Gasteiger partial charge in [0.05, 0.1) is 17.3 Å². The van der Waals surface area contributed by atoms with Gasteiger partial charge in [0, 0.05) is 42.5 Å². The number of hydrogen-bond acceptors (Lipinski definition) is 6. The zero-order valence-electron chi connectivity index (χ0n) is 18.5. The summed E-state index contributed by atoms with van der Waals surface area (Å²) in [6, 6.07) is 10.4. The Labute approximate surface area is 197 Å². The Bertz CT molecular complexity index is 1130. The number of carbonyl (C=O) groups is 1. The van der Waals surface area contributed by atoms with E-state index in [1.165, 1.54) is 6.07 Å². The molecule has 0 saturated heterocycles. The van der Waals surface area contributed by atoms with E-state index >= 15 is 0 Å². The van der Waals surface area contributed by atoms with Crippen LogP contribution in [0.2, 0.25) is 5.02 Å². The summed E-state index contributed by atoms with van der Waals surface area (Å²) in [6.45, 7) is 3.66. The first-order valence-electron chi connectivity index (χ1n) is 10.8. The molecule has 3 aromatic rings. The number of H-pyrrole nitrogens is 1. The summed E-state index contributed by atoms with van der Waals surface area (Å²) in [5, 5.41) is 0.459. The topological polar surface area (TPSA) is 120 Å². The van der Waals surface area contributed by atoms with Crippen LogP contribution in [0.5, 0.6) is 5.88 Å². The molecule has 0 fully saturated rings. The highest BCUT2D eigenvalue weighted by molar-refractivity contribution is 6.33. The van der Waals surface area contributed by atoms with Crippen molar-refractivity contribution in [3.8, 4) is 28.5 Å². The summed E-state index contributed by atoms with van der Waals surface area (Å²) < 4.78 is 10.9. The van der Waals surface area contributed by atoms with Gasteiger partial charge in [0.1, 0.15) is 12.4 Å². The molecule has 2 heterocycles. The number of benzene rings is 1. The van der Waals surface area contributed by atoms with Crippen molar-refractivity contribution >= 4 is 17.5 Å². The molecule has 0 spiro atoms. The first kappa shape index (κ1) is 24.4. The molecule has 2 aromatic heterocycles. The van der Waals surface area contributed by atoms with Gasteiger partial charge in [0.25, 0.3) is 5.56 Å². The third-order valence-electron chi connectivity index (χ3n) is 4.77. The van der Waals surface area contributed by atoms with E-state index in [-0.39, 0.29) is 11.5 Å². The van der Waals surface area contributed by atoms with Gasteiger partial charge >= 0.3 is 0 Å². The number of amides is 1. The van der Waals surface area contributed by atoms with Crippen LogP contribution in [0.3, 0.4) is 0 Å². The number of nitrogens with one attached hydrogen (secondary N) is 1. The lowest BCUT2D eigenvalue weighted by Gasteiger charge is -2.09. The summed E-state index contributed by atoms with van der Waals surface area (Å²) in [6.07, 6.45) is 4.16. The standard InChI is InChI=1S/C24H27ClN4O4/c1-2-10-32-11-12-33-23-9-7-17(15-27-23)20-14-22(31)29-24(28-20)18-13-16(6-8-19(18)25)4-3-5-21(26)30/h6-9,13-15H,2-5,10-12H2,1H3,(H2,26,30)(H,28,29,31). The SMILES string of the molecule is CCCOCCOc1ccc(-c2cc(=O)[nH]c(-c3cc(CCCC(N)=O)ccc3Cl)n2)cn1. The number of pyridine rings is 1. The number of primary amides is 1. The minimum absolute atomic E-state index is 0.307. The van der Waals surface area contributed by atoms with Crippen molar-refractivity contribution in [2.24, 2.45) is 5.73 Å². The van der Waals surface area contributed by atoms with Gasteiger partial charge in [-0.2, -0.15) is 0 Å². The van der Waals surface area contributed by atoms with Crippen molar-refractivity contribution in [3.63, 3.8) is 0 Å². The highest BCUT2D eigenvalue weighted by Gasteiger charge is 2.11. The second-order valence-corrected chi connectivity index (χ2v) is 7.87. The average Bonchev–Trinajstić information content (AvgIpc) is 2.80. The van der Waals surface area contributed by atoms with E-state index in [0.717, 1.165) is 12.0 Å². The van der Waals surface area contributed by atoms with Gasteiger partial charge in [-0.25, -0.2) is 9.97 Å². The van der Waals surface area contributed by atoms with Gasteiger partial charge in [-0.05, 0) is 43.0 Å². The Hall–Kier alpha value is -3.23. The molecule has 3 rings (SSSR count). The fourth-order valence-corrected chi connectivity index (χ4v) is 3.39. The second-order valence-electron chi connectivity index (χ2n) is 7.46. The Morgan fingerprint density at radius 1 is 1.15 bits per heavy atom. The Morgan fingerprint density at radius 2 is 2.00 bits per heavy atom. The lowest BCUT2D eigenvalue weighted by molar-refractivity contribution is -0.118. The molecule has 1 amide bonds. The maximum atomic E-state index is 12.3. The van der Waals surface area contributed by atoms with Crippen LogP contribution >= 0.6 is 11.6 Å². The predicted molar refractivity (Wildman–Crippen MR) is 127 cm³/mol. The van der Waals surface area contributed by atoms with Gasteiger partial charge in [-0.15, -0.1) is 0 Å². The summed E-state index contributed by atoms with van der Waals surface area (Å²) in [4.78, 5) is 35.0. The van der Waals surface area contributed by atoms with Crippen molar-refractivity contribution < 1.29 is 14.3 Å². The van der Waals surface area contributed by atoms with Crippen molar-refractivity contribution in [3.05, 3.63) is 63.5 Å². The molecule has 0 aliphatic carbocycles. The van der Waals surface area contributed by atoms with Crippen molar-refractivity contribution in [1.29, 1.82) is 0 Å². The number of nitrogens with zero attached hydrogens (tertiary/aromatic N) is 2. The average molecular weight is 471 g/mol. The molecule has 3 N–H and O–H groups in total. The zero-order valence-corrected chi connectivity index (χ0v) is 19.2. The summed E-state index contributed by atoms with van der Waals surface area (Å²) in [7, 11) is 0. The third-order valence-corrected chi connectivity index (χ3v) is 5.10. The molecule has 1 aromatic carbocycles. The number of nitrogens with two attached hydrogens (primary N) is 1. The molecule has 0 bridgehead atoms. The zero-order chi connectivity index (χ0) is 23.6. The number of carbonyl (C=O) groups excluding carboxylic acids is 1. The number of rotatable bonds is 12. The summed E-state index contributed by atoms with van der Waals surface area (Å²) >= 11 is 6.39. The molecule has 8 nitrogen and oxygen atoms in total. The fraction of sp³-hybridized carbons (Fsp3) is 0.333. The Balaban J connectivity index is 1.77. The molecule has 0 aliphatic heterocycles. The van der Waals surface area contributed by atoms with Crippen LogP contribution < -0.4 is 16.0 Å². The number of halogens is 1. The lowest BCUT2D eigenvalue weighted by Crippen LogP contribution is -2.10. The van der Waals surface area contributed by atoms with Crippen LogP contribution in [0.15, 0.2) is 47.4 Å².